The van der Waals surface area contributed by atoms with Crippen LogP contribution in [0.15, 0.2) is 54.6 Å². The Bertz CT molecular complexity index is 1110. The monoisotopic (exact) mass is 443 g/mol. The third kappa shape index (κ3) is 3.00. The van der Waals surface area contributed by atoms with Crippen LogP contribution < -0.4 is 10.6 Å². The lowest BCUT2D eigenvalue weighted by atomic mass is 9.76. The van der Waals surface area contributed by atoms with Crippen LogP contribution in [0, 0.1) is 11.8 Å². The van der Waals surface area contributed by atoms with Crippen molar-refractivity contribution in [2.45, 2.75) is 62.6 Å². The van der Waals surface area contributed by atoms with Crippen LogP contribution in [0.25, 0.3) is 0 Å². The number of para-hydroxylation sites is 1. The molecule has 3 aliphatic heterocycles. The van der Waals surface area contributed by atoms with Gasteiger partial charge in [-0.1, -0.05) is 74.2 Å². The number of anilines is 1. The average Bonchev–Trinajstić information content (AvgIpc) is 3.28. The zero-order valence-electron chi connectivity index (χ0n) is 18.6. The Morgan fingerprint density at radius 3 is 2.30 bits per heavy atom. The molecule has 3 heterocycles. The largest absolute Gasteiger partial charge is 0.324 e. The highest BCUT2D eigenvalue weighted by molar-refractivity contribution is 6.15. The molecule has 4 atom stereocenters. The second-order valence-corrected chi connectivity index (χ2v) is 9.94. The molecule has 2 N–H and O–H groups in total. The molecule has 2 aromatic rings. The summed E-state index contributed by atoms with van der Waals surface area (Å²) in [5.41, 5.74) is 1.39. The molecule has 4 aliphatic rings. The number of likely N-dealkylation sites (tertiary alicyclic amines) is 1. The predicted molar refractivity (Wildman–Crippen MR) is 124 cm³/mol. The van der Waals surface area contributed by atoms with Gasteiger partial charge in [-0.25, -0.2) is 0 Å². The first-order valence-corrected chi connectivity index (χ1v) is 12.2. The Morgan fingerprint density at radius 1 is 0.848 bits per heavy atom. The fourth-order valence-electron chi connectivity index (χ4n) is 6.70. The average molecular weight is 444 g/mol. The van der Waals surface area contributed by atoms with E-state index in [0.717, 1.165) is 55.3 Å². The fraction of sp³-hybridized carbons (Fsp3) is 0.444. The van der Waals surface area contributed by atoms with Crippen LogP contribution in [-0.4, -0.2) is 34.7 Å². The van der Waals surface area contributed by atoms with Crippen LogP contribution in [-0.2, 0) is 26.3 Å². The van der Waals surface area contributed by atoms with Gasteiger partial charge >= 0.3 is 0 Å². The fourth-order valence-corrected chi connectivity index (χ4v) is 6.70. The summed E-state index contributed by atoms with van der Waals surface area (Å²) < 4.78 is 0. The molecule has 2 aromatic carbocycles. The molecule has 2 saturated heterocycles. The van der Waals surface area contributed by atoms with Gasteiger partial charge in [-0.05, 0) is 30.9 Å². The molecular formula is C27H29N3O3. The summed E-state index contributed by atoms with van der Waals surface area (Å²) in [6, 6.07) is 17.2. The van der Waals surface area contributed by atoms with Gasteiger partial charge in [0.05, 0.1) is 11.8 Å². The summed E-state index contributed by atoms with van der Waals surface area (Å²) in [5, 5.41) is 6.52. The smallest absolute Gasteiger partial charge is 0.250 e. The maximum atomic E-state index is 14.0. The first-order chi connectivity index (χ1) is 16.1. The minimum Gasteiger partial charge on any atom is -0.324 e. The summed E-state index contributed by atoms with van der Waals surface area (Å²) >= 11 is 0. The number of hydrogen-bond donors (Lipinski definition) is 2. The molecule has 6 rings (SSSR count). The van der Waals surface area contributed by atoms with E-state index < -0.39 is 17.4 Å². The van der Waals surface area contributed by atoms with E-state index in [2.05, 4.69) is 10.6 Å². The van der Waals surface area contributed by atoms with Gasteiger partial charge in [-0.15, -0.1) is 0 Å². The SMILES string of the molecule is O=C1[C@@H]2[C@@H](Cc3ccccc3)N[C@]3(C(=O)Nc4ccccc43)[C@H]2C(=O)N1C1CCCCCC1. The maximum absolute atomic E-state index is 14.0. The molecule has 170 valence electrons. The molecule has 6 heteroatoms. The van der Waals surface area contributed by atoms with Gasteiger partial charge in [-0.3, -0.25) is 24.6 Å². The van der Waals surface area contributed by atoms with Crippen molar-refractivity contribution in [2.24, 2.45) is 11.8 Å². The molecule has 1 saturated carbocycles. The van der Waals surface area contributed by atoms with Crippen LogP contribution in [0.1, 0.15) is 49.7 Å². The second-order valence-electron chi connectivity index (χ2n) is 9.94. The molecule has 1 aliphatic carbocycles. The van der Waals surface area contributed by atoms with Crippen molar-refractivity contribution in [1.29, 1.82) is 0 Å². The molecule has 33 heavy (non-hydrogen) atoms. The highest BCUT2D eigenvalue weighted by atomic mass is 16.2. The maximum Gasteiger partial charge on any atom is 0.250 e. The number of amides is 3. The van der Waals surface area contributed by atoms with Gasteiger partial charge in [0.1, 0.15) is 5.54 Å². The zero-order chi connectivity index (χ0) is 22.6. The number of rotatable bonds is 3. The predicted octanol–water partition coefficient (Wildman–Crippen LogP) is 3.37. The molecule has 1 spiro atoms. The minimum absolute atomic E-state index is 0.0489. The van der Waals surface area contributed by atoms with Gasteiger partial charge in [0.15, 0.2) is 0 Å². The lowest BCUT2D eigenvalue weighted by Gasteiger charge is -2.32. The quantitative estimate of drug-likeness (QED) is 0.563. The van der Waals surface area contributed by atoms with Gasteiger partial charge in [0, 0.05) is 23.3 Å². The van der Waals surface area contributed by atoms with E-state index >= 15 is 0 Å². The van der Waals surface area contributed by atoms with Crippen LogP contribution in [0.2, 0.25) is 0 Å². The van der Waals surface area contributed by atoms with E-state index in [0.29, 0.717) is 6.42 Å². The summed E-state index contributed by atoms with van der Waals surface area (Å²) in [6.07, 6.45) is 6.70. The van der Waals surface area contributed by atoms with Crippen molar-refractivity contribution in [3.8, 4) is 0 Å². The Labute approximate surface area is 193 Å². The Morgan fingerprint density at radius 2 is 1.55 bits per heavy atom. The Balaban J connectivity index is 1.45. The van der Waals surface area contributed by atoms with Gasteiger partial charge in [0.2, 0.25) is 17.7 Å². The van der Waals surface area contributed by atoms with Crippen LogP contribution in [0.3, 0.4) is 0 Å². The summed E-state index contributed by atoms with van der Waals surface area (Å²) in [6.45, 7) is 0. The first kappa shape index (κ1) is 20.6. The molecule has 0 bridgehead atoms. The number of carbonyl (C=O) groups is 3. The van der Waals surface area contributed by atoms with Crippen molar-refractivity contribution in [3.63, 3.8) is 0 Å². The third-order valence-corrected chi connectivity index (χ3v) is 8.14. The van der Waals surface area contributed by atoms with Crippen molar-refractivity contribution < 1.29 is 14.4 Å². The van der Waals surface area contributed by atoms with Gasteiger partial charge in [-0.2, -0.15) is 0 Å². The number of imide groups is 1. The Kier molecular flexibility index (Phi) is 4.87. The number of nitrogens with zero attached hydrogens (tertiary/aromatic N) is 1. The zero-order valence-corrected chi connectivity index (χ0v) is 18.6. The highest BCUT2D eigenvalue weighted by Gasteiger charge is 2.70. The molecule has 6 nitrogen and oxygen atoms in total. The lowest BCUT2D eigenvalue weighted by Crippen LogP contribution is -2.54. The normalized spacial score (nSPS) is 31.6. The van der Waals surface area contributed by atoms with Crippen LogP contribution >= 0.6 is 0 Å². The molecule has 0 radical (unpaired) electrons. The Hall–Kier alpha value is -2.99. The standard InChI is InChI=1S/C27H29N3O3/c31-24-22-21(16-17-10-4-3-5-11-17)29-27(19-14-8-9-15-20(19)28-26(27)33)23(22)25(32)30(24)18-12-6-1-2-7-13-18/h3-5,8-11,14-15,18,21-23,29H,1-2,6-7,12-13,16H2,(H,28,33)/t21-,22-,23-,27+/m1/s1. The summed E-state index contributed by atoms with van der Waals surface area (Å²) in [5.74, 6) is -1.76. The van der Waals surface area contributed by atoms with Crippen molar-refractivity contribution in [2.75, 3.05) is 5.32 Å². The van der Waals surface area contributed by atoms with Gasteiger partial charge in [0.25, 0.3) is 0 Å². The third-order valence-electron chi connectivity index (χ3n) is 8.14. The van der Waals surface area contributed by atoms with Crippen molar-refractivity contribution in [3.05, 3.63) is 65.7 Å². The molecular weight excluding hydrogens is 414 g/mol. The molecule has 3 fully saturated rings. The molecule has 0 unspecified atom stereocenters. The van der Waals surface area contributed by atoms with E-state index in [4.69, 9.17) is 0 Å². The lowest BCUT2D eigenvalue weighted by molar-refractivity contribution is -0.145. The topological polar surface area (TPSA) is 78.5 Å². The van der Waals surface area contributed by atoms with Gasteiger partial charge < -0.3 is 5.32 Å². The second kappa shape index (κ2) is 7.80. The van der Waals surface area contributed by atoms with E-state index in [-0.39, 0.29) is 29.8 Å². The number of fused-ring (bicyclic) bond motifs is 4. The summed E-state index contributed by atoms with van der Waals surface area (Å²) in [7, 11) is 0. The molecule has 3 amide bonds. The summed E-state index contributed by atoms with van der Waals surface area (Å²) in [4.78, 5) is 43.0. The highest BCUT2D eigenvalue weighted by Crippen LogP contribution is 2.53. The van der Waals surface area contributed by atoms with Crippen LogP contribution in [0.4, 0.5) is 5.69 Å². The first-order valence-electron chi connectivity index (χ1n) is 12.2. The van der Waals surface area contributed by atoms with E-state index in [1.54, 1.807) is 4.90 Å². The molecule has 0 aromatic heterocycles. The van der Waals surface area contributed by atoms with E-state index in [1.807, 2.05) is 54.6 Å². The van der Waals surface area contributed by atoms with Crippen molar-refractivity contribution in [1.82, 2.24) is 10.2 Å². The van der Waals surface area contributed by atoms with Crippen molar-refractivity contribution >= 4 is 23.4 Å². The van der Waals surface area contributed by atoms with E-state index in [9.17, 15) is 14.4 Å². The number of hydrogen-bond acceptors (Lipinski definition) is 4. The minimum atomic E-state index is -1.20. The number of benzene rings is 2. The number of carbonyl (C=O) groups excluding carboxylic acids is 3. The van der Waals surface area contributed by atoms with E-state index in [1.165, 1.54) is 0 Å². The van der Waals surface area contributed by atoms with Crippen LogP contribution in [0.5, 0.6) is 0 Å². The number of nitrogens with one attached hydrogen (secondary N) is 2.